The number of Topliss-reactive ketones (excluding diaryl/α,β-unsaturated/α-hetero) is 1. The topological polar surface area (TPSA) is 35.5 Å². The number of hydrogen-bond acceptors (Lipinski definition) is 3. The lowest BCUT2D eigenvalue weighted by Gasteiger charge is -2.07. The quantitative estimate of drug-likeness (QED) is 0.844. The van der Waals surface area contributed by atoms with Gasteiger partial charge in [-0.1, -0.05) is 29.8 Å². The van der Waals surface area contributed by atoms with E-state index in [1.165, 1.54) is 5.56 Å². The van der Waals surface area contributed by atoms with Crippen molar-refractivity contribution >= 4 is 5.78 Å². The second kappa shape index (κ2) is 4.76. The molecule has 2 aromatic rings. The predicted molar refractivity (Wildman–Crippen MR) is 71.8 cm³/mol. The predicted octanol–water partition coefficient (Wildman–Crippen LogP) is 3.15. The number of aryl methyl sites for hydroxylation is 1. The van der Waals surface area contributed by atoms with Crippen molar-refractivity contribution in [2.75, 3.05) is 6.61 Å². The highest BCUT2D eigenvalue weighted by Gasteiger charge is 2.21. The van der Waals surface area contributed by atoms with Gasteiger partial charge in [0.1, 0.15) is 18.1 Å². The summed E-state index contributed by atoms with van der Waals surface area (Å²) in [7, 11) is 0. The minimum absolute atomic E-state index is 0.0279. The molecule has 0 unspecified atom stereocenters. The third kappa shape index (κ3) is 2.45. The van der Waals surface area contributed by atoms with Gasteiger partial charge in [-0.2, -0.15) is 0 Å². The first kappa shape index (κ1) is 11.8. The lowest BCUT2D eigenvalue weighted by atomic mass is 10.1. The van der Waals surface area contributed by atoms with Gasteiger partial charge in [0.15, 0.2) is 6.61 Å². The maximum Gasteiger partial charge on any atom is 0.203 e. The van der Waals surface area contributed by atoms with Gasteiger partial charge in [-0.25, -0.2) is 0 Å². The van der Waals surface area contributed by atoms with Crippen molar-refractivity contribution in [3.05, 3.63) is 59.2 Å². The normalized spacial score (nSPS) is 13.0. The van der Waals surface area contributed by atoms with Crippen LogP contribution in [0.25, 0.3) is 0 Å². The van der Waals surface area contributed by atoms with Crippen molar-refractivity contribution in [2.45, 2.75) is 13.5 Å². The zero-order valence-electron chi connectivity index (χ0n) is 10.7. The number of fused-ring (bicyclic) bond motifs is 1. The summed E-state index contributed by atoms with van der Waals surface area (Å²) in [6, 6.07) is 13.5. The largest absolute Gasteiger partial charge is 0.489 e. The molecule has 0 saturated heterocycles. The van der Waals surface area contributed by atoms with Crippen LogP contribution in [0, 0.1) is 6.92 Å². The van der Waals surface area contributed by atoms with E-state index in [9.17, 15) is 4.79 Å². The molecule has 3 rings (SSSR count). The molecule has 0 aromatic heterocycles. The summed E-state index contributed by atoms with van der Waals surface area (Å²) in [5.41, 5.74) is 2.99. The van der Waals surface area contributed by atoms with E-state index in [1.54, 1.807) is 18.2 Å². The van der Waals surface area contributed by atoms with Crippen LogP contribution in [-0.4, -0.2) is 12.4 Å². The van der Waals surface area contributed by atoms with Gasteiger partial charge in [0.2, 0.25) is 5.78 Å². The maximum absolute atomic E-state index is 11.4. The number of benzene rings is 2. The Balaban J connectivity index is 1.71. The molecule has 2 aromatic carbocycles. The van der Waals surface area contributed by atoms with E-state index in [0.717, 1.165) is 5.56 Å². The Hall–Kier alpha value is -2.29. The van der Waals surface area contributed by atoms with E-state index in [-0.39, 0.29) is 12.4 Å². The Labute approximate surface area is 111 Å². The van der Waals surface area contributed by atoms with Crippen molar-refractivity contribution in [1.82, 2.24) is 0 Å². The van der Waals surface area contributed by atoms with Crippen molar-refractivity contribution in [3.63, 3.8) is 0 Å². The van der Waals surface area contributed by atoms with Gasteiger partial charge in [-0.15, -0.1) is 0 Å². The van der Waals surface area contributed by atoms with E-state index >= 15 is 0 Å². The molecule has 0 bridgehead atoms. The van der Waals surface area contributed by atoms with Crippen LogP contribution < -0.4 is 9.47 Å². The monoisotopic (exact) mass is 254 g/mol. The summed E-state index contributed by atoms with van der Waals surface area (Å²) in [5, 5.41) is 0. The smallest absolute Gasteiger partial charge is 0.203 e. The van der Waals surface area contributed by atoms with Crippen LogP contribution in [0.15, 0.2) is 42.5 Å². The zero-order valence-corrected chi connectivity index (χ0v) is 10.7. The molecular formula is C16H14O3. The van der Waals surface area contributed by atoms with E-state index in [0.29, 0.717) is 23.7 Å². The molecule has 1 aliphatic rings. The standard InChI is InChI=1S/C16H14O3/c1-11-2-4-12(5-3-11)9-18-13-6-7-14-15(17)10-19-16(14)8-13/h2-8H,9-10H2,1H3. The fraction of sp³-hybridized carbons (Fsp3) is 0.188. The van der Waals surface area contributed by atoms with Crippen LogP contribution >= 0.6 is 0 Å². The number of ether oxygens (including phenoxy) is 2. The Morgan fingerprint density at radius 2 is 1.95 bits per heavy atom. The SMILES string of the molecule is Cc1ccc(COc2ccc3c(c2)OCC3=O)cc1. The Morgan fingerprint density at radius 3 is 2.74 bits per heavy atom. The summed E-state index contributed by atoms with van der Waals surface area (Å²) in [6.45, 7) is 2.70. The molecule has 0 N–H and O–H groups in total. The first-order chi connectivity index (χ1) is 9.22. The molecule has 3 nitrogen and oxygen atoms in total. The minimum Gasteiger partial charge on any atom is -0.489 e. The molecule has 96 valence electrons. The lowest BCUT2D eigenvalue weighted by molar-refractivity contribution is 0.0961. The van der Waals surface area contributed by atoms with Gasteiger partial charge in [-0.05, 0) is 24.6 Å². The van der Waals surface area contributed by atoms with Crippen LogP contribution in [-0.2, 0) is 6.61 Å². The van der Waals surface area contributed by atoms with E-state index < -0.39 is 0 Å². The molecule has 0 spiro atoms. The van der Waals surface area contributed by atoms with Gasteiger partial charge >= 0.3 is 0 Å². The number of carbonyl (C=O) groups excluding carboxylic acids is 1. The number of ketones is 1. The molecule has 0 aliphatic carbocycles. The summed E-state index contributed by atoms with van der Waals surface area (Å²) in [4.78, 5) is 11.4. The molecular weight excluding hydrogens is 240 g/mol. The highest BCUT2D eigenvalue weighted by molar-refractivity contribution is 6.02. The summed E-state index contributed by atoms with van der Waals surface area (Å²) in [5.74, 6) is 1.36. The van der Waals surface area contributed by atoms with Crippen molar-refractivity contribution in [3.8, 4) is 11.5 Å². The van der Waals surface area contributed by atoms with Crippen LogP contribution in [0.2, 0.25) is 0 Å². The van der Waals surface area contributed by atoms with Crippen LogP contribution in [0.3, 0.4) is 0 Å². The van der Waals surface area contributed by atoms with E-state index in [4.69, 9.17) is 9.47 Å². The summed E-state index contributed by atoms with van der Waals surface area (Å²) >= 11 is 0. The molecule has 3 heteroatoms. The van der Waals surface area contributed by atoms with Gasteiger partial charge in [0.05, 0.1) is 5.56 Å². The average Bonchev–Trinajstić information content (AvgIpc) is 2.79. The molecule has 1 heterocycles. The Bertz CT molecular complexity index is 614. The molecule has 0 fully saturated rings. The van der Waals surface area contributed by atoms with Crippen molar-refractivity contribution in [1.29, 1.82) is 0 Å². The van der Waals surface area contributed by atoms with Crippen molar-refractivity contribution in [2.24, 2.45) is 0 Å². The van der Waals surface area contributed by atoms with Gasteiger partial charge < -0.3 is 9.47 Å². The molecule has 1 aliphatic heterocycles. The molecule has 0 saturated carbocycles. The molecule has 0 radical (unpaired) electrons. The number of rotatable bonds is 3. The first-order valence-electron chi connectivity index (χ1n) is 6.21. The highest BCUT2D eigenvalue weighted by atomic mass is 16.5. The first-order valence-corrected chi connectivity index (χ1v) is 6.21. The third-order valence-electron chi connectivity index (χ3n) is 3.14. The van der Waals surface area contributed by atoms with Crippen LogP contribution in [0.4, 0.5) is 0 Å². The minimum atomic E-state index is 0.0279. The number of hydrogen-bond donors (Lipinski definition) is 0. The highest BCUT2D eigenvalue weighted by Crippen LogP contribution is 2.29. The second-order valence-corrected chi connectivity index (χ2v) is 4.64. The summed E-state index contributed by atoms with van der Waals surface area (Å²) in [6.07, 6.45) is 0. The van der Waals surface area contributed by atoms with Crippen LogP contribution in [0.1, 0.15) is 21.5 Å². The van der Waals surface area contributed by atoms with Gasteiger partial charge in [0, 0.05) is 6.07 Å². The molecule has 0 atom stereocenters. The Kier molecular flexibility index (Phi) is 2.95. The summed E-state index contributed by atoms with van der Waals surface area (Å²) < 4.78 is 11.0. The second-order valence-electron chi connectivity index (χ2n) is 4.64. The molecule has 0 amide bonds. The fourth-order valence-corrected chi connectivity index (χ4v) is 2.01. The van der Waals surface area contributed by atoms with Gasteiger partial charge in [-0.3, -0.25) is 4.79 Å². The lowest BCUT2D eigenvalue weighted by Crippen LogP contribution is -1.98. The van der Waals surface area contributed by atoms with Crippen LogP contribution in [0.5, 0.6) is 11.5 Å². The zero-order chi connectivity index (χ0) is 13.2. The fourth-order valence-electron chi connectivity index (χ4n) is 2.01. The number of carbonyl (C=O) groups is 1. The van der Waals surface area contributed by atoms with Crippen molar-refractivity contribution < 1.29 is 14.3 Å². The van der Waals surface area contributed by atoms with E-state index in [1.807, 2.05) is 12.1 Å². The van der Waals surface area contributed by atoms with Gasteiger partial charge in [0.25, 0.3) is 0 Å². The Morgan fingerprint density at radius 1 is 1.16 bits per heavy atom. The van der Waals surface area contributed by atoms with E-state index in [2.05, 4.69) is 19.1 Å². The average molecular weight is 254 g/mol. The molecule has 19 heavy (non-hydrogen) atoms. The third-order valence-corrected chi connectivity index (χ3v) is 3.14. The maximum atomic E-state index is 11.4.